The van der Waals surface area contributed by atoms with Crippen molar-refractivity contribution in [3.8, 4) is 0 Å². The van der Waals surface area contributed by atoms with Crippen molar-refractivity contribution in [3.05, 3.63) is 29.8 Å². The van der Waals surface area contributed by atoms with E-state index in [0.717, 1.165) is 43.7 Å². The van der Waals surface area contributed by atoms with Gasteiger partial charge in [-0.3, -0.25) is 4.79 Å². The van der Waals surface area contributed by atoms with Crippen LogP contribution in [0.4, 0.5) is 0 Å². The summed E-state index contributed by atoms with van der Waals surface area (Å²) in [4.78, 5) is 17.0. The van der Waals surface area contributed by atoms with Crippen molar-refractivity contribution >= 4 is 5.91 Å². The third-order valence-corrected chi connectivity index (χ3v) is 3.61. The first-order chi connectivity index (χ1) is 9.33. The van der Waals surface area contributed by atoms with Gasteiger partial charge in [-0.2, -0.15) is 5.21 Å². The second-order valence-corrected chi connectivity index (χ2v) is 4.87. The third kappa shape index (κ3) is 2.64. The Hall–Kier alpha value is -2.18. The van der Waals surface area contributed by atoms with Gasteiger partial charge in [-0.25, -0.2) is 0 Å². The molecule has 2 aromatic rings. The van der Waals surface area contributed by atoms with Crippen molar-refractivity contribution in [2.24, 2.45) is 5.92 Å². The molecule has 0 spiro atoms. The standard InChI is InChI=1S/C12H16N6O/c19-12(10-1-4-13-8-10)18-5-2-9(3-6-18)7-11-14-16-17-15-11/h1,4,8-9,13H,2-3,5-7H2,(H,14,15,16,17). The summed E-state index contributed by atoms with van der Waals surface area (Å²) < 4.78 is 0. The molecule has 0 bridgehead atoms. The molecule has 1 aliphatic rings. The van der Waals surface area contributed by atoms with E-state index in [2.05, 4.69) is 25.6 Å². The van der Waals surface area contributed by atoms with E-state index in [0.29, 0.717) is 5.92 Å². The number of rotatable bonds is 3. The summed E-state index contributed by atoms with van der Waals surface area (Å²) in [5, 5.41) is 14.0. The number of nitrogens with zero attached hydrogens (tertiary/aromatic N) is 4. The summed E-state index contributed by atoms with van der Waals surface area (Å²) in [5.74, 6) is 1.41. The van der Waals surface area contributed by atoms with Crippen molar-refractivity contribution in [2.75, 3.05) is 13.1 Å². The van der Waals surface area contributed by atoms with E-state index >= 15 is 0 Å². The van der Waals surface area contributed by atoms with E-state index in [-0.39, 0.29) is 5.91 Å². The van der Waals surface area contributed by atoms with Crippen molar-refractivity contribution < 1.29 is 4.79 Å². The molecule has 1 fully saturated rings. The molecule has 3 heterocycles. The average Bonchev–Trinajstić information content (AvgIpc) is 3.12. The normalized spacial score (nSPS) is 16.7. The molecule has 0 atom stereocenters. The lowest BCUT2D eigenvalue weighted by Crippen LogP contribution is -2.38. The summed E-state index contributed by atoms with van der Waals surface area (Å²) in [6.07, 6.45) is 6.34. The van der Waals surface area contributed by atoms with E-state index in [1.54, 1.807) is 12.4 Å². The van der Waals surface area contributed by atoms with E-state index < -0.39 is 0 Å². The summed E-state index contributed by atoms with van der Waals surface area (Å²) in [5.41, 5.74) is 0.733. The minimum Gasteiger partial charge on any atom is -0.367 e. The number of aromatic nitrogens is 5. The van der Waals surface area contributed by atoms with Crippen molar-refractivity contribution in [1.82, 2.24) is 30.5 Å². The maximum absolute atomic E-state index is 12.2. The lowest BCUT2D eigenvalue weighted by molar-refractivity contribution is 0.0690. The Morgan fingerprint density at radius 1 is 1.42 bits per heavy atom. The Kier molecular flexibility index (Phi) is 3.26. The minimum absolute atomic E-state index is 0.110. The van der Waals surface area contributed by atoms with Gasteiger partial charge in [0, 0.05) is 31.9 Å². The number of piperidine rings is 1. The van der Waals surface area contributed by atoms with Crippen LogP contribution >= 0.6 is 0 Å². The van der Waals surface area contributed by atoms with Gasteiger partial charge < -0.3 is 9.88 Å². The van der Waals surface area contributed by atoms with Gasteiger partial charge in [-0.1, -0.05) is 5.21 Å². The Morgan fingerprint density at radius 2 is 2.26 bits per heavy atom. The Morgan fingerprint density at radius 3 is 2.89 bits per heavy atom. The highest BCUT2D eigenvalue weighted by Gasteiger charge is 2.24. The molecule has 0 radical (unpaired) electrons. The quantitative estimate of drug-likeness (QED) is 0.846. The fourth-order valence-electron chi connectivity index (χ4n) is 2.51. The monoisotopic (exact) mass is 260 g/mol. The molecule has 0 unspecified atom stereocenters. The Bertz CT molecular complexity index is 512. The highest BCUT2D eigenvalue weighted by atomic mass is 16.2. The number of H-pyrrole nitrogens is 2. The molecule has 0 aromatic carbocycles. The molecule has 7 heteroatoms. The lowest BCUT2D eigenvalue weighted by Gasteiger charge is -2.31. The van der Waals surface area contributed by atoms with Gasteiger partial charge in [0.15, 0.2) is 5.82 Å². The van der Waals surface area contributed by atoms with Gasteiger partial charge in [0.2, 0.25) is 0 Å². The molecule has 2 aromatic heterocycles. The number of hydrogen-bond donors (Lipinski definition) is 2. The summed E-state index contributed by atoms with van der Waals surface area (Å²) in [7, 11) is 0. The lowest BCUT2D eigenvalue weighted by atomic mass is 9.93. The first-order valence-electron chi connectivity index (χ1n) is 6.47. The number of carbonyl (C=O) groups is 1. The molecule has 2 N–H and O–H groups in total. The van der Waals surface area contributed by atoms with Crippen LogP contribution < -0.4 is 0 Å². The predicted octanol–water partition coefficient (Wildman–Crippen LogP) is 0.623. The topological polar surface area (TPSA) is 90.6 Å². The molecule has 100 valence electrons. The molecular weight excluding hydrogens is 244 g/mol. The summed E-state index contributed by atoms with van der Waals surface area (Å²) >= 11 is 0. The van der Waals surface area contributed by atoms with Crippen LogP contribution in [0, 0.1) is 5.92 Å². The van der Waals surface area contributed by atoms with E-state index in [1.807, 2.05) is 11.0 Å². The second-order valence-electron chi connectivity index (χ2n) is 4.87. The van der Waals surface area contributed by atoms with E-state index in [9.17, 15) is 4.79 Å². The number of likely N-dealkylation sites (tertiary alicyclic amines) is 1. The number of hydrogen-bond acceptors (Lipinski definition) is 4. The van der Waals surface area contributed by atoms with Crippen LogP contribution in [0.2, 0.25) is 0 Å². The fraction of sp³-hybridized carbons (Fsp3) is 0.500. The first kappa shape index (κ1) is 11.9. The third-order valence-electron chi connectivity index (χ3n) is 3.61. The molecule has 0 saturated carbocycles. The summed E-state index contributed by atoms with van der Waals surface area (Å²) in [6.45, 7) is 1.60. The molecule has 1 amide bonds. The number of tetrazole rings is 1. The average molecular weight is 260 g/mol. The Balaban J connectivity index is 1.53. The minimum atomic E-state index is 0.110. The second kappa shape index (κ2) is 5.21. The molecular formula is C12H16N6O. The van der Waals surface area contributed by atoms with Gasteiger partial charge in [-0.05, 0) is 24.8 Å². The van der Waals surface area contributed by atoms with Crippen molar-refractivity contribution in [2.45, 2.75) is 19.3 Å². The SMILES string of the molecule is O=C(c1cc[nH]c1)N1CCC(Cc2nn[nH]n2)CC1. The maximum Gasteiger partial charge on any atom is 0.255 e. The van der Waals surface area contributed by atoms with E-state index in [4.69, 9.17) is 0 Å². The molecule has 19 heavy (non-hydrogen) atoms. The zero-order chi connectivity index (χ0) is 13.1. The van der Waals surface area contributed by atoms with Crippen molar-refractivity contribution in [1.29, 1.82) is 0 Å². The number of amides is 1. The van der Waals surface area contributed by atoms with Gasteiger partial charge >= 0.3 is 0 Å². The van der Waals surface area contributed by atoms with Gasteiger partial charge in [0.05, 0.1) is 5.56 Å². The maximum atomic E-state index is 12.2. The van der Waals surface area contributed by atoms with Crippen molar-refractivity contribution in [3.63, 3.8) is 0 Å². The highest BCUT2D eigenvalue weighted by molar-refractivity contribution is 5.94. The first-order valence-corrected chi connectivity index (χ1v) is 6.47. The smallest absolute Gasteiger partial charge is 0.255 e. The Labute approximate surface area is 110 Å². The molecule has 3 rings (SSSR count). The van der Waals surface area contributed by atoms with Crippen LogP contribution in [0.5, 0.6) is 0 Å². The van der Waals surface area contributed by atoms with Crippen LogP contribution in [0.1, 0.15) is 29.0 Å². The van der Waals surface area contributed by atoms with Gasteiger partial charge in [-0.15, -0.1) is 10.2 Å². The number of nitrogens with one attached hydrogen (secondary N) is 2. The van der Waals surface area contributed by atoms with Gasteiger partial charge in [0.1, 0.15) is 0 Å². The summed E-state index contributed by atoms with van der Waals surface area (Å²) in [6, 6.07) is 1.81. The van der Waals surface area contributed by atoms with Crippen LogP contribution in [-0.2, 0) is 6.42 Å². The largest absolute Gasteiger partial charge is 0.367 e. The van der Waals surface area contributed by atoms with Crippen LogP contribution in [0.3, 0.4) is 0 Å². The zero-order valence-electron chi connectivity index (χ0n) is 10.5. The number of carbonyl (C=O) groups excluding carboxylic acids is 1. The zero-order valence-corrected chi connectivity index (χ0v) is 10.5. The molecule has 1 aliphatic heterocycles. The fourth-order valence-corrected chi connectivity index (χ4v) is 2.51. The van der Waals surface area contributed by atoms with Crippen LogP contribution in [-0.4, -0.2) is 49.5 Å². The van der Waals surface area contributed by atoms with Crippen LogP contribution in [0.25, 0.3) is 0 Å². The van der Waals surface area contributed by atoms with Gasteiger partial charge in [0.25, 0.3) is 5.91 Å². The molecule has 0 aliphatic carbocycles. The predicted molar refractivity (Wildman–Crippen MR) is 67.3 cm³/mol. The van der Waals surface area contributed by atoms with Crippen LogP contribution in [0.15, 0.2) is 18.5 Å². The molecule has 7 nitrogen and oxygen atoms in total. The molecule has 1 saturated heterocycles. The number of aromatic amines is 2. The van der Waals surface area contributed by atoms with E-state index in [1.165, 1.54) is 0 Å². The highest BCUT2D eigenvalue weighted by Crippen LogP contribution is 2.21.